The SMILES string of the molecule is CCC(SCC(=O)Nc1ccccc1SC)C(=O)O. The van der Waals surface area contributed by atoms with Gasteiger partial charge in [-0.05, 0) is 24.8 Å². The molecule has 0 heterocycles. The number of hydrogen-bond acceptors (Lipinski definition) is 4. The van der Waals surface area contributed by atoms with E-state index in [1.807, 2.05) is 30.5 Å². The Kier molecular flexibility index (Phi) is 6.80. The van der Waals surface area contributed by atoms with E-state index < -0.39 is 11.2 Å². The van der Waals surface area contributed by atoms with E-state index in [1.165, 1.54) is 0 Å². The summed E-state index contributed by atoms with van der Waals surface area (Å²) in [4.78, 5) is 23.6. The van der Waals surface area contributed by atoms with E-state index in [-0.39, 0.29) is 11.7 Å². The van der Waals surface area contributed by atoms with Gasteiger partial charge < -0.3 is 10.4 Å². The molecule has 0 spiro atoms. The fraction of sp³-hybridized carbons (Fsp3) is 0.385. The predicted molar refractivity (Wildman–Crippen MR) is 81.0 cm³/mol. The van der Waals surface area contributed by atoms with Crippen LogP contribution in [0.3, 0.4) is 0 Å². The molecule has 1 rings (SSSR count). The molecule has 1 aromatic carbocycles. The summed E-state index contributed by atoms with van der Waals surface area (Å²) in [6.07, 6.45) is 2.45. The lowest BCUT2D eigenvalue weighted by Gasteiger charge is -2.11. The molecule has 4 nitrogen and oxygen atoms in total. The Morgan fingerprint density at radius 2 is 2.05 bits per heavy atom. The lowest BCUT2D eigenvalue weighted by Crippen LogP contribution is -2.21. The first-order valence-electron chi connectivity index (χ1n) is 5.85. The number of hydrogen-bond donors (Lipinski definition) is 2. The molecule has 1 amide bonds. The number of para-hydroxylation sites is 1. The van der Waals surface area contributed by atoms with Crippen LogP contribution in [-0.4, -0.2) is 34.2 Å². The van der Waals surface area contributed by atoms with E-state index in [2.05, 4.69) is 5.32 Å². The number of thioether (sulfide) groups is 2. The molecule has 0 aromatic heterocycles. The molecule has 0 radical (unpaired) electrons. The van der Waals surface area contributed by atoms with Crippen LogP contribution in [0.2, 0.25) is 0 Å². The zero-order valence-corrected chi connectivity index (χ0v) is 12.5. The van der Waals surface area contributed by atoms with Crippen LogP contribution in [0.4, 0.5) is 5.69 Å². The van der Waals surface area contributed by atoms with Gasteiger partial charge in [0.15, 0.2) is 0 Å². The molecule has 0 bridgehead atoms. The van der Waals surface area contributed by atoms with Gasteiger partial charge in [0.1, 0.15) is 5.25 Å². The van der Waals surface area contributed by atoms with Gasteiger partial charge in [-0.25, -0.2) is 0 Å². The molecule has 1 unspecified atom stereocenters. The largest absolute Gasteiger partial charge is 0.480 e. The van der Waals surface area contributed by atoms with Crippen molar-refractivity contribution in [3.05, 3.63) is 24.3 Å². The van der Waals surface area contributed by atoms with E-state index in [1.54, 1.807) is 18.7 Å². The highest BCUT2D eigenvalue weighted by Gasteiger charge is 2.17. The van der Waals surface area contributed by atoms with Crippen LogP contribution < -0.4 is 5.32 Å². The molecule has 0 saturated heterocycles. The number of carbonyl (C=O) groups is 2. The van der Waals surface area contributed by atoms with E-state index in [9.17, 15) is 9.59 Å². The summed E-state index contributed by atoms with van der Waals surface area (Å²) >= 11 is 2.71. The maximum Gasteiger partial charge on any atom is 0.316 e. The maximum atomic E-state index is 11.8. The van der Waals surface area contributed by atoms with Gasteiger partial charge in [0.05, 0.1) is 11.4 Å². The van der Waals surface area contributed by atoms with E-state index >= 15 is 0 Å². The minimum absolute atomic E-state index is 0.146. The van der Waals surface area contributed by atoms with Gasteiger partial charge in [-0.1, -0.05) is 19.1 Å². The molecule has 0 aliphatic heterocycles. The number of rotatable bonds is 7. The highest BCUT2D eigenvalue weighted by molar-refractivity contribution is 8.01. The van der Waals surface area contributed by atoms with Gasteiger partial charge in [0.2, 0.25) is 5.91 Å². The van der Waals surface area contributed by atoms with Crippen LogP contribution in [-0.2, 0) is 9.59 Å². The van der Waals surface area contributed by atoms with Crippen molar-refractivity contribution in [1.82, 2.24) is 0 Å². The molecule has 0 fully saturated rings. The third kappa shape index (κ3) is 5.16. The van der Waals surface area contributed by atoms with Gasteiger partial charge in [0.25, 0.3) is 0 Å². The summed E-state index contributed by atoms with van der Waals surface area (Å²) in [6, 6.07) is 7.53. The van der Waals surface area contributed by atoms with Crippen LogP contribution >= 0.6 is 23.5 Å². The van der Waals surface area contributed by atoms with Gasteiger partial charge in [-0.15, -0.1) is 23.5 Å². The second-order valence-electron chi connectivity index (χ2n) is 3.79. The second-order valence-corrected chi connectivity index (χ2v) is 5.83. The molecule has 2 N–H and O–H groups in total. The molecule has 6 heteroatoms. The Morgan fingerprint density at radius 1 is 1.37 bits per heavy atom. The van der Waals surface area contributed by atoms with Crippen molar-refractivity contribution in [1.29, 1.82) is 0 Å². The summed E-state index contributed by atoms with van der Waals surface area (Å²) in [5, 5.41) is 11.2. The first-order chi connectivity index (χ1) is 9.08. The molecular weight excluding hydrogens is 282 g/mol. The Morgan fingerprint density at radius 3 is 2.63 bits per heavy atom. The lowest BCUT2D eigenvalue weighted by molar-refractivity contribution is -0.136. The quantitative estimate of drug-likeness (QED) is 0.758. The van der Waals surface area contributed by atoms with E-state index in [0.717, 1.165) is 22.3 Å². The first-order valence-corrected chi connectivity index (χ1v) is 8.13. The van der Waals surface area contributed by atoms with Gasteiger partial charge in [-0.2, -0.15) is 0 Å². The Bertz CT molecular complexity index is 451. The molecule has 104 valence electrons. The zero-order valence-electron chi connectivity index (χ0n) is 10.9. The van der Waals surface area contributed by atoms with Crippen molar-refractivity contribution in [2.75, 3.05) is 17.3 Å². The summed E-state index contributed by atoms with van der Waals surface area (Å²) in [7, 11) is 0. The number of nitrogens with one attached hydrogen (secondary N) is 1. The normalized spacial score (nSPS) is 11.9. The van der Waals surface area contributed by atoms with E-state index in [4.69, 9.17) is 5.11 Å². The third-order valence-corrected chi connectivity index (χ3v) is 4.60. The highest BCUT2D eigenvalue weighted by atomic mass is 32.2. The van der Waals surface area contributed by atoms with Crippen molar-refractivity contribution < 1.29 is 14.7 Å². The molecule has 19 heavy (non-hydrogen) atoms. The van der Waals surface area contributed by atoms with Crippen molar-refractivity contribution in [2.45, 2.75) is 23.5 Å². The number of benzene rings is 1. The highest BCUT2D eigenvalue weighted by Crippen LogP contribution is 2.25. The number of carboxylic acids is 1. The van der Waals surface area contributed by atoms with E-state index in [0.29, 0.717) is 6.42 Å². The third-order valence-electron chi connectivity index (χ3n) is 2.44. The zero-order chi connectivity index (χ0) is 14.3. The number of aliphatic carboxylic acids is 1. The predicted octanol–water partition coefficient (Wildman–Crippen LogP) is 2.94. The van der Waals surface area contributed by atoms with Crippen LogP contribution in [0.1, 0.15) is 13.3 Å². The summed E-state index contributed by atoms with van der Waals surface area (Å²) in [5.41, 5.74) is 0.768. The van der Waals surface area contributed by atoms with Crippen LogP contribution in [0.5, 0.6) is 0 Å². The first kappa shape index (κ1) is 15.9. The lowest BCUT2D eigenvalue weighted by atomic mass is 10.3. The van der Waals surface area contributed by atoms with Gasteiger partial charge >= 0.3 is 5.97 Å². The van der Waals surface area contributed by atoms with Crippen LogP contribution in [0.15, 0.2) is 29.2 Å². The maximum absolute atomic E-state index is 11.8. The molecule has 0 aliphatic rings. The second kappa shape index (κ2) is 8.12. The summed E-state index contributed by atoms with van der Waals surface area (Å²) in [5.74, 6) is -0.899. The van der Waals surface area contributed by atoms with Crippen molar-refractivity contribution in [3.63, 3.8) is 0 Å². The fourth-order valence-corrected chi connectivity index (χ4v) is 2.83. The standard InChI is InChI=1S/C13H17NO3S2/c1-3-10(13(16)17)19-8-12(15)14-9-6-4-5-7-11(9)18-2/h4-7,10H,3,8H2,1-2H3,(H,14,15)(H,16,17). The molecule has 0 aliphatic carbocycles. The summed E-state index contributed by atoms with van der Waals surface area (Å²) in [6.45, 7) is 1.80. The van der Waals surface area contributed by atoms with Gasteiger partial charge in [-0.3, -0.25) is 9.59 Å². The molecule has 0 saturated carbocycles. The van der Waals surface area contributed by atoms with Crippen molar-refractivity contribution >= 4 is 41.1 Å². The number of anilines is 1. The average Bonchev–Trinajstić information content (AvgIpc) is 2.39. The Hall–Kier alpha value is -1.14. The van der Waals surface area contributed by atoms with Crippen molar-refractivity contribution in [2.24, 2.45) is 0 Å². The molecular formula is C13H17NO3S2. The smallest absolute Gasteiger partial charge is 0.316 e. The van der Waals surface area contributed by atoms with Crippen molar-refractivity contribution in [3.8, 4) is 0 Å². The van der Waals surface area contributed by atoms with Crippen LogP contribution in [0.25, 0.3) is 0 Å². The molecule has 1 atom stereocenters. The minimum atomic E-state index is -0.871. The fourth-order valence-electron chi connectivity index (χ4n) is 1.47. The molecule has 1 aromatic rings. The average molecular weight is 299 g/mol. The van der Waals surface area contributed by atoms with Gasteiger partial charge in [0, 0.05) is 4.90 Å². The number of amides is 1. The number of carboxylic acid groups (broad SMARTS) is 1. The topological polar surface area (TPSA) is 66.4 Å². The summed E-state index contributed by atoms with van der Waals surface area (Å²) < 4.78 is 0. The minimum Gasteiger partial charge on any atom is -0.480 e. The van der Waals surface area contributed by atoms with Crippen LogP contribution in [0, 0.1) is 0 Å². The Labute approximate surface area is 121 Å². The number of carbonyl (C=O) groups excluding carboxylic acids is 1. The monoisotopic (exact) mass is 299 g/mol. The Balaban J connectivity index is 2.53.